The SMILES string of the molecule is O=C1CC(c2noc(C3=CC=C(F)C=C=C3)n2)CCCN1c1ccc(Cl)cc1F. The van der Waals surface area contributed by atoms with Crippen molar-refractivity contribution in [3.05, 3.63) is 76.6 Å². The summed E-state index contributed by atoms with van der Waals surface area (Å²) in [5, 5.41) is 4.28. The Balaban J connectivity index is 1.54. The molecule has 1 aliphatic carbocycles. The van der Waals surface area contributed by atoms with Gasteiger partial charge in [0, 0.05) is 35.6 Å². The first kappa shape index (κ1) is 19.3. The van der Waals surface area contributed by atoms with Gasteiger partial charge in [-0.3, -0.25) is 4.79 Å². The van der Waals surface area contributed by atoms with E-state index >= 15 is 0 Å². The lowest BCUT2D eigenvalue weighted by Gasteiger charge is -2.21. The highest BCUT2D eigenvalue weighted by atomic mass is 35.5. The average molecular weight is 416 g/mol. The minimum atomic E-state index is -0.536. The highest BCUT2D eigenvalue weighted by molar-refractivity contribution is 6.30. The molecule has 29 heavy (non-hydrogen) atoms. The van der Waals surface area contributed by atoms with E-state index in [9.17, 15) is 13.6 Å². The Bertz CT molecular complexity index is 1080. The average Bonchev–Trinajstić information content (AvgIpc) is 2.97. The van der Waals surface area contributed by atoms with Crippen molar-refractivity contribution in [3.8, 4) is 0 Å². The lowest BCUT2D eigenvalue weighted by atomic mass is 10.00. The molecule has 1 saturated heterocycles. The molecule has 1 aromatic heterocycles. The zero-order valence-corrected chi connectivity index (χ0v) is 16.0. The Labute approximate surface area is 170 Å². The van der Waals surface area contributed by atoms with Crippen LogP contribution in [0.15, 0.2) is 58.6 Å². The molecule has 1 aliphatic heterocycles. The van der Waals surface area contributed by atoms with Gasteiger partial charge in [-0.05, 0) is 49.3 Å². The van der Waals surface area contributed by atoms with Gasteiger partial charge in [-0.15, -0.1) is 5.73 Å². The maximum Gasteiger partial charge on any atom is 0.258 e. The van der Waals surface area contributed by atoms with E-state index in [0.717, 1.165) is 0 Å². The second-order valence-corrected chi connectivity index (χ2v) is 7.21. The molecular formula is C21H16ClF2N3O2. The molecule has 5 nitrogen and oxygen atoms in total. The topological polar surface area (TPSA) is 59.2 Å². The van der Waals surface area contributed by atoms with Crippen LogP contribution in [-0.2, 0) is 4.79 Å². The van der Waals surface area contributed by atoms with E-state index in [1.807, 2.05) is 0 Å². The van der Waals surface area contributed by atoms with E-state index in [2.05, 4.69) is 15.9 Å². The standard InChI is InChI=1S/C21H16ClF2N3O2/c22-15-7-9-18(17(24)12-15)27-10-2-4-14(11-19(27)28)20-25-21(29-26-20)13-3-1-5-16(23)8-6-13/h3,5-9,12,14H,2,4,10-11H2. The summed E-state index contributed by atoms with van der Waals surface area (Å²) in [7, 11) is 0. The van der Waals surface area contributed by atoms with E-state index in [4.69, 9.17) is 16.1 Å². The number of carbonyl (C=O) groups excluding carboxylic acids is 1. The molecule has 2 aromatic rings. The summed E-state index contributed by atoms with van der Waals surface area (Å²) in [6.45, 7) is 0.390. The predicted molar refractivity (Wildman–Crippen MR) is 104 cm³/mol. The Kier molecular flexibility index (Phi) is 5.43. The van der Waals surface area contributed by atoms with Crippen molar-refractivity contribution in [2.75, 3.05) is 11.4 Å². The van der Waals surface area contributed by atoms with Crippen molar-refractivity contribution in [3.63, 3.8) is 0 Å². The van der Waals surface area contributed by atoms with Gasteiger partial charge < -0.3 is 9.42 Å². The van der Waals surface area contributed by atoms with Crippen LogP contribution in [-0.4, -0.2) is 22.6 Å². The Morgan fingerprint density at radius 2 is 2.10 bits per heavy atom. The highest BCUT2D eigenvalue weighted by Gasteiger charge is 2.30. The van der Waals surface area contributed by atoms with Crippen molar-refractivity contribution in [1.82, 2.24) is 10.1 Å². The number of nitrogens with zero attached hydrogens (tertiary/aromatic N) is 3. The fourth-order valence-corrected chi connectivity index (χ4v) is 3.51. The zero-order chi connectivity index (χ0) is 20.4. The number of benzene rings is 1. The molecule has 1 amide bonds. The molecule has 148 valence electrons. The fraction of sp³-hybridized carbons (Fsp3) is 0.238. The molecule has 0 radical (unpaired) electrons. The van der Waals surface area contributed by atoms with Gasteiger partial charge in [-0.1, -0.05) is 16.8 Å². The Morgan fingerprint density at radius 3 is 2.93 bits per heavy atom. The molecule has 1 fully saturated rings. The second-order valence-electron chi connectivity index (χ2n) is 6.77. The number of halogens is 3. The molecule has 0 saturated carbocycles. The lowest BCUT2D eigenvalue weighted by molar-refractivity contribution is -0.118. The third kappa shape index (κ3) is 4.21. The van der Waals surface area contributed by atoms with Crippen LogP contribution in [0.1, 0.15) is 36.9 Å². The first-order chi connectivity index (χ1) is 14.0. The molecule has 0 bridgehead atoms. The summed E-state index contributed by atoms with van der Waals surface area (Å²) in [5.74, 6) is -0.811. The number of amides is 1. The van der Waals surface area contributed by atoms with Gasteiger partial charge in [0.1, 0.15) is 11.6 Å². The smallest absolute Gasteiger partial charge is 0.258 e. The maximum atomic E-state index is 14.3. The van der Waals surface area contributed by atoms with Crippen LogP contribution in [0.5, 0.6) is 0 Å². The summed E-state index contributed by atoms with van der Waals surface area (Å²) >= 11 is 5.80. The number of aromatic nitrogens is 2. The summed E-state index contributed by atoms with van der Waals surface area (Å²) in [6.07, 6.45) is 6.99. The van der Waals surface area contributed by atoms with Gasteiger partial charge in [0.25, 0.3) is 5.89 Å². The van der Waals surface area contributed by atoms with Gasteiger partial charge in [0.15, 0.2) is 5.82 Å². The van der Waals surface area contributed by atoms with E-state index in [1.165, 1.54) is 35.3 Å². The molecule has 2 aliphatic rings. The number of hydrogen-bond acceptors (Lipinski definition) is 4. The van der Waals surface area contributed by atoms with Gasteiger partial charge in [0.05, 0.1) is 5.69 Å². The van der Waals surface area contributed by atoms with Gasteiger partial charge in [-0.25, -0.2) is 8.78 Å². The molecule has 0 N–H and O–H groups in total. The number of allylic oxidation sites excluding steroid dienone is 5. The summed E-state index contributed by atoms with van der Waals surface area (Å²) in [4.78, 5) is 18.6. The highest BCUT2D eigenvalue weighted by Crippen LogP contribution is 2.32. The molecule has 1 atom stereocenters. The maximum absolute atomic E-state index is 14.3. The van der Waals surface area contributed by atoms with Crippen molar-refractivity contribution in [1.29, 1.82) is 0 Å². The van der Waals surface area contributed by atoms with Crippen LogP contribution < -0.4 is 4.90 Å². The minimum Gasteiger partial charge on any atom is -0.334 e. The number of rotatable bonds is 3. The lowest BCUT2D eigenvalue weighted by Crippen LogP contribution is -2.31. The fourth-order valence-electron chi connectivity index (χ4n) is 3.35. The van der Waals surface area contributed by atoms with Crippen LogP contribution in [0.3, 0.4) is 0 Å². The zero-order valence-electron chi connectivity index (χ0n) is 15.2. The van der Waals surface area contributed by atoms with Crippen molar-refractivity contribution < 1.29 is 18.1 Å². The van der Waals surface area contributed by atoms with Crippen LogP contribution >= 0.6 is 11.6 Å². The third-order valence-electron chi connectivity index (χ3n) is 4.79. The Morgan fingerprint density at radius 1 is 1.24 bits per heavy atom. The minimum absolute atomic E-state index is 0.129. The molecule has 2 heterocycles. The molecular weight excluding hydrogens is 400 g/mol. The first-order valence-corrected chi connectivity index (χ1v) is 9.48. The number of carbonyl (C=O) groups is 1. The first-order valence-electron chi connectivity index (χ1n) is 9.10. The molecule has 4 rings (SSSR count). The van der Waals surface area contributed by atoms with E-state index in [0.29, 0.717) is 30.8 Å². The largest absolute Gasteiger partial charge is 0.334 e. The number of hydrogen-bond donors (Lipinski definition) is 0. The summed E-state index contributed by atoms with van der Waals surface area (Å²) < 4.78 is 32.8. The third-order valence-corrected chi connectivity index (χ3v) is 5.03. The monoisotopic (exact) mass is 415 g/mol. The van der Waals surface area contributed by atoms with Crippen LogP contribution in [0.2, 0.25) is 5.02 Å². The summed E-state index contributed by atoms with van der Waals surface area (Å²) in [5.41, 5.74) is 3.43. The van der Waals surface area contributed by atoms with E-state index < -0.39 is 11.6 Å². The van der Waals surface area contributed by atoms with Gasteiger partial charge in [-0.2, -0.15) is 4.98 Å². The predicted octanol–water partition coefficient (Wildman–Crippen LogP) is 5.12. The molecule has 0 spiro atoms. The molecule has 8 heteroatoms. The normalized spacial score (nSPS) is 19.6. The Hall–Kier alpha value is -3.02. The van der Waals surface area contributed by atoms with E-state index in [1.54, 1.807) is 12.1 Å². The molecule has 1 unspecified atom stereocenters. The van der Waals surface area contributed by atoms with Crippen LogP contribution in [0, 0.1) is 5.82 Å². The van der Waals surface area contributed by atoms with Gasteiger partial charge >= 0.3 is 0 Å². The van der Waals surface area contributed by atoms with Crippen molar-refractivity contribution >= 4 is 28.8 Å². The van der Waals surface area contributed by atoms with Crippen molar-refractivity contribution in [2.24, 2.45) is 0 Å². The van der Waals surface area contributed by atoms with Crippen molar-refractivity contribution in [2.45, 2.75) is 25.2 Å². The summed E-state index contributed by atoms with van der Waals surface area (Å²) in [6, 6.07) is 4.26. The second kappa shape index (κ2) is 8.15. The number of anilines is 1. The van der Waals surface area contributed by atoms with Crippen LogP contribution in [0.4, 0.5) is 14.5 Å². The quantitative estimate of drug-likeness (QED) is 0.652. The van der Waals surface area contributed by atoms with Gasteiger partial charge in [0.2, 0.25) is 5.91 Å². The van der Waals surface area contributed by atoms with E-state index in [-0.39, 0.29) is 34.8 Å². The molecule has 1 aromatic carbocycles. The van der Waals surface area contributed by atoms with Crippen LogP contribution in [0.25, 0.3) is 5.57 Å².